The van der Waals surface area contributed by atoms with Crippen LogP contribution in [0.15, 0.2) is 36.7 Å². The molecule has 0 unspecified atom stereocenters. The first-order valence-corrected chi connectivity index (χ1v) is 11.1. The van der Waals surface area contributed by atoms with E-state index in [0.717, 1.165) is 30.9 Å². The number of carbonyl (C=O) groups excluding carboxylic acids is 1. The molecule has 0 saturated carbocycles. The van der Waals surface area contributed by atoms with Crippen LogP contribution >= 0.6 is 11.3 Å². The van der Waals surface area contributed by atoms with Gasteiger partial charge in [-0.3, -0.25) is 4.79 Å². The van der Waals surface area contributed by atoms with Gasteiger partial charge in [-0.05, 0) is 30.0 Å². The molecule has 174 valence electrons. The molecule has 0 aliphatic carbocycles. The van der Waals surface area contributed by atoms with E-state index in [0.29, 0.717) is 22.4 Å². The minimum Gasteiger partial charge on any atom is -0.435 e. The van der Waals surface area contributed by atoms with Crippen LogP contribution in [0, 0.1) is 5.92 Å². The third kappa shape index (κ3) is 6.02. The zero-order chi connectivity index (χ0) is 23.2. The lowest BCUT2D eigenvalue weighted by Crippen LogP contribution is -2.22. The van der Waals surface area contributed by atoms with Crippen LogP contribution in [-0.4, -0.2) is 58.0 Å². The average Bonchev–Trinajstić information content (AvgIpc) is 3.44. The lowest BCUT2D eigenvalue weighted by atomic mass is 10.0. The van der Waals surface area contributed by atoms with Crippen molar-refractivity contribution in [3.05, 3.63) is 52.2 Å². The number of ether oxygens (including phenoxy) is 2. The third-order valence-corrected chi connectivity index (χ3v) is 6.20. The van der Waals surface area contributed by atoms with E-state index in [-0.39, 0.29) is 18.0 Å². The minimum atomic E-state index is -2.94. The second kappa shape index (κ2) is 10.7. The van der Waals surface area contributed by atoms with Crippen molar-refractivity contribution in [3.8, 4) is 5.75 Å². The molecule has 0 bridgehead atoms. The van der Waals surface area contributed by atoms with Crippen molar-refractivity contribution in [3.63, 3.8) is 0 Å². The molecule has 1 fully saturated rings. The summed E-state index contributed by atoms with van der Waals surface area (Å²) in [6.07, 6.45) is 4.03. The number of nitrogens with zero attached hydrogens (tertiary/aromatic N) is 6. The van der Waals surface area contributed by atoms with Crippen LogP contribution in [0.3, 0.4) is 0 Å². The highest BCUT2D eigenvalue weighted by molar-refractivity contribution is 7.11. The molecule has 1 aliphatic rings. The van der Waals surface area contributed by atoms with Gasteiger partial charge in [-0.15, -0.1) is 26.6 Å². The first-order chi connectivity index (χ1) is 16.0. The van der Waals surface area contributed by atoms with Gasteiger partial charge in [0.05, 0.1) is 18.8 Å². The number of Topliss-reactive ketones (excluding diaryl/α,β-unsaturated/α-hetero) is 1. The lowest BCUT2D eigenvalue weighted by molar-refractivity contribution is -0.128. The summed E-state index contributed by atoms with van der Waals surface area (Å²) in [5.41, 5.74) is 0.439. The van der Waals surface area contributed by atoms with Gasteiger partial charge in [0.1, 0.15) is 21.9 Å². The zero-order valence-electron chi connectivity index (χ0n) is 17.8. The molecule has 2 aromatic heterocycles. The number of methoxy groups -OCH3 is 1. The summed E-state index contributed by atoms with van der Waals surface area (Å²) in [6.45, 7) is -1.28. The molecule has 4 rings (SSSR count). The lowest BCUT2D eigenvalue weighted by Gasteiger charge is -2.15. The molecular weight excluding hydrogens is 454 g/mol. The maximum Gasteiger partial charge on any atom is 0.387 e. The molecule has 0 N–H and O–H groups in total. The number of aromatic nitrogens is 5. The second-order valence-corrected chi connectivity index (χ2v) is 8.69. The number of hydrogen-bond acceptors (Lipinski definition) is 10. The molecule has 3 heterocycles. The number of rotatable bonds is 10. The summed E-state index contributed by atoms with van der Waals surface area (Å²) < 4.78 is 34.7. The van der Waals surface area contributed by atoms with Crippen molar-refractivity contribution in [2.45, 2.75) is 32.0 Å². The molecule has 0 radical (unpaired) electrons. The quantitative estimate of drug-likeness (QED) is 0.437. The van der Waals surface area contributed by atoms with Crippen LogP contribution in [0.5, 0.6) is 5.75 Å². The Morgan fingerprint density at radius 2 is 2.09 bits per heavy atom. The number of ketones is 1. The monoisotopic (exact) mass is 476 g/mol. The second-order valence-electron chi connectivity index (χ2n) is 7.55. The molecule has 1 aliphatic heterocycles. The van der Waals surface area contributed by atoms with E-state index in [9.17, 15) is 13.6 Å². The Kier molecular flexibility index (Phi) is 7.45. The molecule has 12 heteroatoms. The molecule has 9 nitrogen and oxygen atoms in total. The van der Waals surface area contributed by atoms with Crippen LogP contribution in [-0.2, 0) is 22.4 Å². The van der Waals surface area contributed by atoms with Gasteiger partial charge in [0.15, 0.2) is 5.78 Å². The summed E-state index contributed by atoms with van der Waals surface area (Å²) in [5.74, 6) is 0.736. The Balaban J connectivity index is 1.34. The van der Waals surface area contributed by atoms with Gasteiger partial charge in [-0.1, -0.05) is 12.1 Å². The van der Waals surface area contributed by atoms with Crippen molar-refractivity contribution in [2.75, 3.05) is 25.1 Å². The normalized spacial score (nSPS) is 16.8. The van der Waals surface area contributed by atoms with E-state index in [1.807, 2.05) is 0 Å². The van der Waals surface area contributed by atoms with E-state index >= 15 is 0 Å². The Labute approximate surface area is 192 Å². The van der Waals surface area contributed by atoms with Gasteiger partial charge >= 0.3 is 6.61 Å². The van der Waals surface area contributed by atoms with E-state index < -0.39 is 12.7 Å². The molecule has 1 aromatic carbocycles. The summed E-state index contributed by atoms with van der Waals surface area (Å²) in [7, 11) is 1.40. The van der Waals surface area contributed by atoms with E-state index in [4.69, 9.17) is 4.74 Å². The number of carbonyl (C=O) groups is 1. The SMILES string of the molecule is CO[C@H](C(=O)Cc1nnc(C[C@@H]2CCN(c3nccnn3)C2)s1)c1cccc(OC(F)F)c1. The Bertz CT molecular complexity index is 1070. The smallest absolute Gasteiger partial charge is 0.387 e. The molecule has 1 saturated heterocycles. The van der Waals surface area contributed by atoms with Gasteiger partial charge < -0.3 is 14.4 Å². The van der Waals surface area contributed by atoms with Crippen LogP contribution in [0.2, 0.25) is 0 Å². The number of hydrogen-bond donors (Lipinski definition) is 0. The molecule has 3 aromatic rings. The Morgan fingerprint density at radius 3 is 2.85 bits per heavy atom. The summed E-state index contributed by atoms with van der Waals surface area (Å²) in [4.78, 5) is 19.2. The van der Waals surface area contributed by atoms with Gasteiger partial charge in [0.25, 0.3) is 0 Å². The van der Waals surface area contributed by atoms with E-state index in [1.54, 1.807) is 18.5 Å². The summed E-state index contributed by atoms with van der Waals surface area (Å²) in [5, 5.41) is 17.8. The van der Waals surface area contributed by atoms with Crippen LogP contribution in [0.25, 0.3) is 0 Å². The topological polar surface area (TPSA) is 103 Å². The van der Waals surface area contributed by atoms with Crippen LogP contribution in [0.1, 0.15) is 28.1 Å². The predicted octanol–water partition coefficient (Wildman–Crippen LogP) is 2.89. The van der Waals surface area contributed by atoms with Gasteiger partial charge in [0, 0.05) is 26.6 Å². The highest BCUT2D eigenvalue weighted by atomic mass is 32.1. The fraction of sp³-hybridized carbons (Fsp3) is 0.429. The molecule has 0 amide bonds. The van der Waals surface area contributed by atoms with Crippen molar-refractivity contribution in [1.82, 2.24) is 25.4 Å². The minimum absolute atomic E-state index is 0.0298. The fourth-order valence-electron chi connectivity index (χ4n) is 3.80. The number of anilines is 1. The van der Waals surface area contributed by atoms with Crippen molar-refractivity contribution in [1.29, 1.82) is 0 Å². The molecule has 33 heavy (non-hydrogen) atoms. The summed E-state index contributed by atoms with van der Waals surface area (Å²) >= 11 is 1.40. The van der Waals surface area contributed by atoms with Crippen LogP contribution < -0.4 is 9.64 Å². The van der Waals surface area contributed by atoms with Gasteiger partial charge in [-0.2, -0.15) is 13.9 Å². The molecule has 0 spiro atoms. The zero-order valence-corrected chi connectivity index (χ0v) is 18.6. The van der Waals surface area contributed by atoms with Crippen LogP contribution in [0.4, 0.5) is 14.7 Å². The van der Waals surface area contributed by atoms with Crippen molar-refractivity contribution >= 4 is 23.1 Å². The predicted molar refractivity (Wildman–Crippen MR) is 115 cm³/mol. The van der Waals surface area contributed by atoms with Gasteiger partial charge in [0.2, 0.25) is 5.95 Å². The average molecular weight is 477 g/mol. The number of benzene rings is 1. The first-order valence-electron chi connectivity index (χ1n) is 10.3. The fourth-order valence-corrected chi connectivity index (χ4v) is 4.77. The van der Waals surface area contributed by atoms with E-state index in [1.165, 1.54) is 36.6 Å². The third-order valence-electron chi connectivity index (χ3n) is 5.25. The number of halogens is 2. The number of alkyl halides is 2. The summed E-state index contributed by atoms with van der Waals surface area (Å²) in [6, 6.07) is 5.95. The molecular formula is C21H22F2N6O3S. The van der Waals surface area contributed by atoms with Crippen molar-refractivity contribution < 1.29 is 23.0 Å². The Hall–Kier alpha value is -3.12. The maximum atomic E-state index is 12.8. The standard InChI is InChI=1S/C21H22F2N6O3S/c1-31-19(14-3-2-4-15(10-14)32-20(22)23)16(30)11-18-27-26-17(33-18)9-13-5-8-29(12-13)21-24-6-7-25-28-21/h2-4,6-7,10,13,19-20H,5,8-9,11-12H2,1H3/t13-,19-/m0/s1. The maximum absolute atomic E-state index is 12.8. The van der Waals surface area contributed by atoms with E-state index in [2.05, 4.69) is 35.0 Å². The van der Waals surface area contributed by atoms with Crippen molar-refractivity contribution in [2.24, 2.45) is 5.92 Å². The Morgan fingerprint density at radius 1 is 1.24 bits per heavy atom. The van der Waals surface area contributed by atoms with Gasteiger partial charge in [-0.25, -0.2) is 4.98 Å². The largest absolute Gasteiger partial charge is 0.435 e. The molecule has 2 atom stereocenters. The highest BCUT2D eigenvalue weighted by Gasteiger charge is 2.27. The highest BCUT2D eigenvalue weighted by Crippen LogP contribution is 2.27. The first kappa shape index (κ1) is 23.1.